The molecule has 0 amide bonds. The van der Waals surface area contributed by atoms with E-state index in [1.54, 1.807) is 0 Å². The van der Waals surface area contributed by atoms with Crippen LogP contribution < -0.4 is 10.8 Å². The Morgan fingerprint density at radius 1 is 1.21 bits per heavy atom. The molecule has 0 radical (unpaired) electrons. The molecule has 1 fully saturated rings. The molecule has 0 aliphatic carbocycles. The lowest BCUT2D eigenvalue weighted by atomic mass is 9.95. The van der Waals surface area contributed by atoms with Crippen molar-refractivity contribution in [3.63, 3.8) is 0 Å². The van der Waals surface area contributed by atoms with Crippen molar-refractivity contribution in [2.45, 2.75) is 52.5 Å². The second-order valence-corrected chi connectivity index (χ2v) is 5.75. The van der Waals surface area contributed by atoms with Gasteiger partial charge in [0.2, 0.25) is 0 Å². The highest BCUT2D eigenvalue weighted by Gasteiger charge is 2.24. The van der Waals surface area contributed by atoms with Crippen molar-refractivity contribution in [3.05, 3.63) is 28.8 Å². The lowest BCUT2D eigenvalue weighted by molar-refractivity contribution is 0.127. The molecule has 0 aromatic heterocycles. The minimum Gasteiger partial charge on any atom is -0.368 e. The number of piperidine rings is 1. The van der Waals surface area contributed by atoms with Crippen molar-refractivity contribution in [2.75, 3.05) is 18.1 Å². The van der Waals surface area contributed by atoms with Gasteiger partial charge in [-0.05, 0) is 57.6 Å². The summed E-state index contributed by atoms with van der Waals surface area (Å²) in [6.07, 6.45) is 4.86. The van der Waals surface area contributed by atoms with E-state index in [9.17, 15) is 0 Å². The summed E-state index contributed by atoms with van der Waals surface area (Å²) in [6.45, 7) is 8.41. The molecule has 3 nitrogen and oxygen atoms in total. The molecule has 1 aromatic carbocycles. The summed E-state index contributed by atoms with van der Waals surface area (Å²) in [7, 11) is 0. The normalized spacial score (nSPS) is 19.8. The third-order valence-electron chi connectivity index (χ3n) is 4.12. The summed E-state index contributed by atoms with van der Waals surface area (Å²) in [5.74, 6) is 5.19. The average molecular weight is 262 g/mol. The van der Waals surface area contributed by atoms with E-state index in [4.69, 9.17) is 10.7 Å². The van der Waals surface area contributed by atoms with E-state index >= 15 is 0 Å². The molecule has 1 aromatic rings. The van der Waals surface area contributed by atoms with Crippen LogP contribution in [0.1, 0.15) is 42.4 Å². The van der Waals surface area contributed by atoms with E-state index < -0.39 is 0 Å². The fraction of sp³-hybridized carbons (Fsp3) is 0.625. The van der Waals surface area contributed by atoms with Gasteiger partial charge < -0.3 is 9.74 Å². The van der Waals surface area contributed by atoms with Gasteiger partial charge in [0.15, 0.2) is 0 Å². The Bertz CT molecular complexity index is 408. The van der Waals surface area contributed by atoms with Crippen molar-refractivity contribution in [3.8, 4) is 0 Å². The van der Waals surface area contributed by atoms with E-state index in [0.29, 0.717) is 12.6 Å². The quantitative estimate of drug-likeness (QED) is 0.847. The first kappa shape index (κ1) is 14.4. The Morgan fingerprint density at radius 3 is 2.53 bits per heavy atom. The maximum absolute atomic E-state index is 5.19. The maximum atomic E-state index is 5.19. The number of anilines is 1. The van der Waals surface area contributed by atoms with Gasteiger partial charge in [0.1, 0.15) is 0 Å². The fourth-order valence-electron chi connectivity index (χ4n) is 3.42. The van der Waals surface area contributed by atoms with E-state index in [2.05, 4.69) is 37.8 Å². The van der Waals surface area contributed by atoms with Crippen LogP contribution in [-0.2, 0) is 4.84 Å². The second kappa shape index (κ2) is 6.40. The fourth-order valence-corrected chi connectivity index (χ4v) is 3.42. The zero-order valence-corrected chi connectivity index (χ0v) is 12.4. The van der Waals surface area contributed by atoms with Crippen LogP contribution >= 0.6 is 0 Å². The Balaban J connectivity index is 2.26. The number of hydrogen-bond acceptors (Lipinski definition) is 3. The Morgan fingerprint density at radius 2 is 1.89 bits per heavy atom. The van der Waals surface area contributed by atoms with Gasteiger partial charge in [-0.1, -0.05) is 17.7 Å². The van der Waals surface area contributed by atoms with Crippen molar-refractivity contribution in [2.24, 2.45) is 5.90 Å². The molecule has 1 atom stereocenters. The molecule has 1 unspecified atom stereocenters. The highest BCUT2D eigenvalue weighted by molar-refractivity contribution is 5.61. The Hall–Kier alpha value is -1.06. The van der Waals surface area contributed by atoms with E-state index in [-0.39, 0.29) is 0 Å². The minimum atomic E-state index is 0.567. The lowest BCUT2D eigenvalue weighted by Crippen LogP contribution is -2.41. The van der Waals surface area contributed by atoms with Gasteiger partial charge in [-0.25, -0.2) is 5.90 Å². The van der Waals surface area contributed by atoms with Gasteiger partial charge in [-0.2, -0.15) is 0 Å². The summed E-state index contributed by atoms with van der Waals surface area (Å²) >= 11 is 0. The molecule has 106 valence electrons. The molecular formula is C16H26N2O. The highest BCUT2D eigenvalue weighted by Crippen LogP contribution is 2.32. The van der Waals surface area contributed by atoms with Crippen LogP contribution in [0.2, 0.25) is 0 Å². The summed E-state index contributed by atoms with van der Waals surface area (Å²) in [5, 5.41) is 0. The van der Waals surface area contributed by atoms with Crippen LogP contribution in [0.25, 0.3) is 0 Å². The first-order valence-electron chi connectivity index (χ1n) is 7.29. The van der Waals surface area contributed by atoms with Gasteiger partial charge in [0.05, 0.1) is 6.61 Å². The predicted molar refractivity (Wildman–Crippen MR) is 80.4 cm³/mol. The lowest BCUT2D eigenvalue weighted by Gasteiger charge is -2.39. The zero-order valence-electron chi connectivity index (χ0n) is 12.4. The molecule has 1 aliphatic rings. The summed E-state index contributed by atoms with van der Waals surface area (Å²) in [5.41, 5.74) is 5.54. The number of nitrogens with zero attached hydrogens (tertiary/aromatic N) is 1. The first-order chi connectivity index (χ1) is 9.13. The van der Waals surface area contributed by atoms with Crippen molar-refractivity contribution < 1.29 is 4.84 Å². The van der Waals surface area contributed by atoms with Crippen LogP contribution in [0.5, 0.6) is 0 Å². The monoisotopic (exact) mass is 262 g/mol. The topological polar surface area (TPSA) is 38.5 Å². The molecule has 3 heteroatoms. The van der Waals surface area contributed by atoms with Crippen molar-refractivity contribution in [1.29, 1.82) is 0 Å². The van der Waals surface area contributed by atoms with Crippen LogP contribution in [0.4, 0.5) is 5.69 Å². The van der Waals surface area contributed by atoms with Crippen LogP contribution in [0, 0.1) is 20.8 Å². The molecular weight excluding hydrogens is 236 g/mol. The molecule has 0 spiro atoms. The third kappa shape index (κ3) is 3.28. The first-order valence-corrected chi connectivity index (χ1v) is 7.29. The summed E-state index contributed by atoms with van der Waals surface area (Å²) < 4.78 is 0. The predicted octanol–water partition coefficient (Wildman–Crippen LogP) is 3.25. The van der Waals surface area contributed by atoms with Gasteiger partial charge >= 0.3 is 0 Å². The Kier molecular flexibility index (Phi) is 4.83. The van der Waals surface area contributed by atoms with Gasteiger partial charge in [-0.3, -0.25) is 0 Å². The van der Waals surface area contributed by atoms with Gasteiger partial charge in [0.25, 0.3) is 0 Å². The van der Waals surface area contributed by atoms with Gasteiger partial charge in [-0.15, -0.1) is 0 Å². The van der Waals surface area contributed by atoms with Gasteiger partial charge in [0, 0.05) is 18.3 Å². The van der Waals surface area contributed by atoms with Crippen molar-refractivity contribution in [1.82, 2.24) is 0 Å². The van der Waals surface area contributed by atoms with Crippen molar-refractivity contribution >= 4 is 5.69 Å². The van der Waals surface area contributed by atoms with E-state index in [1.807, 2.05) is 0 Å². The average Bonchev–Trinajstić information content (AvgIpc) is 2.36. The maximum Gasteiger partial charge on any atom is 0.0698 e. The number of hydrogen-bond donors (Lipinski definition) is 1. The van der Waals surface area contributed by atoms with E-state index in [0.717, 1.165) is 13.0 Å². The smallest absolute Gasteiger partial charge is 0.0698 e. The molecule has 1 saturated heterocycles. The number of nitrogens with two attached hydrogens (primary N) is 1. The standard InChI is InChI=1S/C16H26N2O/c1-12-10-13(2)16(14(3)11-12)18-8-5-4-6-15(18)7-9-19-17/h10-11,15H,4-9,17H2,1-3H3. The number of aryl methyl sites for hydroxylation is 3. The molecule has 2 N–H and O–H groups in total. The number of benzene rings is 1. The van der Waals surface area contributed by atoms with Crippen LogP contribution in [-0.4, -0.2) is 19.2 Å². The highest BCUT2D eigenvalue weighted by atomic mass is 16.6. The second-order valence-electron chi connectivity index (χ2n) is 5.75. The van der Waals surface area contributed by atoms with Crippen LogP contribution in [0.3, 0.4) is 0 Å². The molecule has 0 saturated carbocycles. The zero-order chi connectivity index (χ0) is 13.8. The number of rotatable bonds is 4. The molecule has 1 heterocycles. The SMILES string of the molecule is Cc1cc(C)c(N2CCCCC2CCON)c(C)c1. The summed E-state index contributed by atoms with van der Waals surface area (Å²) in [4.78, 5) is 7.36. The molecule has 19 heavy (non-hydrogen) atoms. The third-order valence-corrected chi connectivity index (χ3v) is 4.12. The molecule has 2 rings (SSSR count). The van der Waals surface area contributed by atoms with Crippen LogP contribution in [0.15, 0.2) is 12.1 Å². The van der Waals surface area contributed by atoms with E-state index in [1.165, 1.54) is 41.6 Å². The Labute approximate surface area is 116 Å². The largest absolute Gasteiger partial charge is 0.368 e. The molecule has 0 bridgehead atoms. The minimum absolute atomic E-state index is 0.567. The summed E-state index contributed by atoms with van der Waals surface area (Å²) in [6, 6.07) is 5.14. The molecule has 1 aliphatic heterocycles.